The number of anilines is 6. The van der Waals surface area contributed by atoms with Crippen LogP contribution in [0.2, 0.25) is 0 Å². The third kappa shape index (κ3) is 14.0. The summed E-state index contributed by atoms with van der Waals surface area (Å²) in [5.41, 5.74) is 31.6. The van der Waals surface area contributed by atoms with Crippen molar-refractivity contribution >= 4 is 83.8 Å². The van der Waals surface area contributed by atoms with Crippen LogP contribution in [0.3, 0.4) is 0 Å². The summed E-state index contributed by atoms with van der Waals surface area (Å²) in [6, 6.07) is 150. The zero-order valence-corrected chi connectivity index (χ0v) is 68.6. The number of ether oxygens (including phenoxy) is 4. The van der Waals surface area contributed by atoms with Gasteiger partial charge in [0.05, 0.1) is 61.7 Å². The van der Waals surface area contributed by atoms with Gasteiger partial charge in [-0.3, -0.25) is 0 Å². The minimum Gasteiger partial charge on any atom is -0.494 e. The topological polar surface area (TPSA) is 53.3 Å². The van der Waals surface area contributed by atoms with E-state index in [0.717, 1.165) is 120 Å². The number of aromatic nitrogens is 2. The Kier molecular flexibility index (Phi) is 20.1. The van der Waals surface area contributed by atoms with Crippen LogP contribution < -0.4 is 19.3 Å². The molecule has 0 spiro atoms. The van der Waals surface area contributed by atoms with Crippen molar-refractivity contribution < 1.29 is 18.9 Å². The number of para-hydroxylation sites is 4. The van der Waals surface area contributed by atoms with Crippen molar-refractivity contribution in [3.05, 3.63) is 486 Å². The van der Waals surface area contributed by atoms with E-state index in [1.807, 2.05) is 18.2 Å². The van der Waals surface area contributed by atoms with Gasteiger partial charge in [0.1, 0.15) is 11.5 Å². The van der Waals surface area contributed by atoms with Crippen LogP contribution in [0.1, 0.15) is 79.6 Å². The van der Waals surface area contributed by atoms with Gasteiger partial charge in [0.2, 0.25) is 0 Å². The predicted octanol–water partition coefficient (Wildman–Crippen LogP) is 28.8. The number of nitrogens with zero attached hydrogens (tertiary/aromatic N) is 4. The Morgan fingerprint density at radius 2 is 0.618 bits per heavy atom. The molecular formula is C115H90N4O4. The van der Waals surface area contributed by atoms with Crippen LogP contribution in [-0.4, -0.2) is 22.3 Å². The maximum Gasteiger partial charge on any atom is 0.119 e. The summed E-state index contributed by atoms with van der Waals surface area (Å²) in [6.07, 6.45) is 3.35. The van der Waals surface area contributed by atoms with Crippen LogP contribution in [0.4, 0.5) is 34.1 Å². The summed E-state index contributed by atoms with van der Waals surface area (Å²) in [7, 11) is 0. The quantitative estimate of drug-likeness (QED) is 0.0511. The fourth-order valence-electron chi connectivity index (χ4n) is 19.5. The van der Waals surface area contributed by atoms with Crippen LogP contribution in [-0.2, 0) is 46.7 Å². The molecule has 0 saturated heterocycles. The lowest BCUT2D eigenvalue weighted by Crippen LogP contribution is -2.29. The molecule has 19 aromatic rings. The molecular weight excluding hydrogens is 1500 g/mol. The first-order valence-electron chi connectivity index (χ1n) is 42.7. The standard InChI is InChI=1S/C115H90N4O4/c1-3-81-50-62-97(63-51-81)123-71-69-115(87-26-10-5-11-27-87)107-37-21-17-33-99(107)101-65-57-95(75-109(101)115)117(89-30-14-7-15-31-89)93-59-67-113-105(73-93)103-35-19-23-39-111(103)119(113)91-54-48-85(49-55-91)79-121-77-83-44-42-82(43-45-83)76-120-78-84-46-52-90(53-47-84)118-110-38-22-18-34-102(110)104-72-92(58-66-112(104)118)116(88-28-12-6-13-29-88)94-56-64-100-98-32-16-20-36-106(98)114(108(100)74-94,86-24-8-4-9-25-86)68-70-122-96-60-40-80(2)41-61-96/h3-67,72-75H,1,68-71,76-79H2,2H3. The van der Waals surface area contributed by atoms with E-state index in [9.17, 15) is 0 Å². The molecule has 8 heteroatoms. The largest absolute Gasteiger partial charge is 0.494 e. The number of benzene rings is 17. The van der Waals surface area contributed by atoms with Crippen LogP contribution in [0.15, 0.2) is 419 Å². The van der Waals surface area contributed by atoms with Crippen molar-refractivity contribution in [2.45, 2.75) is 57.0 Å². The number of aryl methyl sites for hydroxylation is 1. The van der Waals surface area contributed by atoms with E-state index < -0.39 is 10.8 Å². The number of rotatable bonds is 27. The van der Waals surface area contributed by atoms with Crippen molar-refractivity contribution in [2.24, 2.45) is 0 Å². The first-order chi connectivity index (χ1) is 60.8. The van der Waals surface area contributed by atoms with Gasteiger partial charge >= 0.3 is 0 Å². The molecule has 2 aliphatic rings. The molecule has 2 heterocycles. The van der Waals surface area contributed by atoms with Crippen LogP contribution in [0, 0.1) is 6.92 Å². The van der Waals surface area contributed by atoms with Crippen molar-refractivity contribution in [3.63, 3.8) is 0 Å². The Hall–Kier alpha value is -14.8. The summed E-state index contributed by atoms with van der Waals surface area (Å²) in [5, 5.41) is 4.73. The molecule has 0 aliphatic heterocycles. The normalized spacial score (nSPS) is 14.3. The second-order valence-electron chi connectivity index (χ2n) is 32.5. The average Bonchev–Trinajstić information content (AvgIpc) is 1.55. The van der Waals surface area contributed by atoms with E-state index in [4.69, 9.17) is 18.9 Å². The van der Waals surface area contributed by atoms with Crippen LogP contribution in [0.25, 0.3) is 83.3 Å². The molecule has 0 saturated carbocycles. The third-order valence-corrected chi connectivity index (χ3v) is 25.3. The minimum atomic E-state index is -0.484. The maximum absolute atomic E-state index is 6.62. The van der Waals surface area contributed by atoms with E-state index in [1.54, 1.807) is 0 Å². The first-order valence-corrected chi connectivity index (χ1v) is 42.7. The van der Waals surface area contributed by atoms with Crippen molar-refractivity contribution in [1.29, 1.82) is 0 Å². The fraction of sp³-hybridized carbons (Fsp3) is 0.0957. The Balaban J connectivity index is 0.487. The lowest BCUT2D eigenvalue weighted by atomic mass is 9.70. The van der Waals surface area contributed by atoms with E-state index in [1.165, 1.54) is 82.7 Å². The summed E-state index contributed by atoms with van der Waals surface area (Å²) < 4.78 is 30.8. The molecule has 21 rings (SSSR count). The molecule has 0 bridgehead atoms. The molecule has 0 fully saturated rings. The second kappa shape index (κ2) is 32.7. The van der Waals surface area contributed by atoms with Gasteiger partial charge < -0.3 is 37.9 Å². The zero-order chi connectivity index (χ0) is 82.2. The van der Waals surface area contributed by atoms with Gasteiger partial charge in [-0.25, -0.2) is 0 Å². The molecule has 2 unspecified atom stereocenters. The molecule has 594 valence electrons. The van der Waals surface area contributed by atoms with Gasteiger partial charge in [0.15, 0.2) is 0 Å². The number of hydrogen-bond donors (Lipinski definition) is 0. The summed E-state index contributed by atoms with van der Waals surface area (Å²) in [4.78, 5) is 4.84. The van der Waals surface area contributed by atoms with Gasteiger partial charge in [-0.1, -0.05) is 285 Å². The van der Waals surface area contributed by atoms with Crippen molar-refractivity contribution in [3.8, 4) is 45.1 Å². The first kappa shape index (κ1) is 75.7. The molecule has 17 aromatic carbocycles. The highest BCUT2D eigenvalue weighted by atomic mass is 16.5. The van der Waals surface area contributed by atoms with Crippen LogP contribution >= 0.6 is 0 Å². The molecule has 2 aromatic heterocycles. The van der Waals surface area contributed by atoms with E-state index in [0.29, 0.717) is 39.6 Å². The number of fused-ring (bicyclic) bond motifs is 12. The van der Waals surface area contributed by atoms with Gasteiger partial charge in [-0.05, 0) is 249 Å². The predicted molar refractivity (Wildman–Crippen MR) is 506 cm³/mol. The lowest BCUT2D eigenvalue weighted by molar-refractivity contribution is 0.105. The Morgan fingerprint density at radius 1 is 0.285 bits per heavy atom. The molecule has 0 amide bonds. The monoisotopic (exact) mass is 1590 g/mol. The molecule has 0 N–H and O–H groups in total. The second-order valence-corrected chi connectivity index (χ2v) is 32.5. The molecule has 8 nitrogen and oxygen atoms in total. The highest BCUT2D eigenvalue weighted by Gasteiger charge is 2.47. The van der Waals surface area contributed by atoms with Gasteiger partial charge in [0, 0.05) is 77.9 Å². The van der Waals surface area contributed by atoms with Crippen molar-refractivity contribution in [2.75, 3.05) is 23.0 Å². The average molecular weight is 1590 g/mol. The molecule has 2 aliphatic carbocycles. The highest BCUT2D eigenvalue weighted by Crippen LogP contribution is 2.58. The molecule has 0 radical (unpaired) electrons. The molecule has 123 heavy (non-hydrogen) atoms. The van der Waals surface area contributed by atoms with Gasteiger partial charge in [-0.15, -0.1) is 0 Å². The SMILES string of the molecule is C=Cc1ccc(OCCC2(c3ccccc3)c3ccccc3-c3ccc(N(c4ccccc4)c4ccc5c(c4)c4ccccc4n5-c4ccc(COCc5ccc(COCc6ccc(-n7c8ccccc8c8cc(N(c9ccccc9)c9ccc%10c(c9)C(CCOc9ccc(C)cc9)(c9ccccc9)c9ccccc9-%10)ccc87)cc6)cc5)cc4)cc32)cc1. The van der Waals surface area contributed by atoms with Crippen molar-refractivity contribution in [1.82, 2.24) is 9.13 Å². The Bertz CT molecular complexity index is 7050. The maximum atomic E-state index is 6.62. The summed E-state index contributed by atoms with van der Waals surface area (Å²) in [6.45, 7) is 9.08. The summed E-state index contributed by atoms with van der Waals surface area (Å²) in [5.74, 6) is 1.73. The lowest BCUT2D eigenvalue weighted by Gasteiger charge is -2.34. The highest BCUT2D eigenvalue weighted by molar-refractivity contribution is 6.12. The number of hydrogen-bond acceptors (Lipinski definition) is 6. The molecule has 2 atom stereocenters. The van der Waals surface area contributed by atoms with Gasteiger partial charge in [-0.2, -0.15) is 0 Å². The smallest absolute Gasteiger partial charge is 0.119 e. The van der Waals surface area contributed by atoms with E-state index >= 15 is 0 Å². The fourth-order valence-corrected chi connectivity index (χ4v) is 19.5. The van der Waals surface area contributed by atoms with Crippen LogP contribution in [0.5, 0.6) is 11.5 Å². The zero-order valence-electron chi connectivity index (χ0n) is 68.6. The summed E-state index contributed by atoms with van der Waals surface area (Å²) >= 11 is 0. The van der Waals surface area contributed by atoms with E-state index in [2.05, 4.69) is 433 Å². The Labute approximate surface area is 718 Å². The Morgan fingerprint density at radius 3 is 1.03 bits per heavy atom. The van der Waals surface area contributed by atoms with E-state index in [-0.39, 0.29) is 0 Å². The third-order valence-electron chi connectivity index (χ3n) is 25.3. The minimum absolute atomic E-state index is 0.468. The van der Waals surface area contributed by atoms with Gasteiger partial charge in [0.25, 0.3) is 0 Å².